The van der Waals surface area contributed by atoms with Crippen molar-refractivity contribution in [3.8, 4) is 0 Å². The van der Waals surface area contributed by atoms with Gasteiger partial charge in [-0.2, -0.15) is 0 Å². The van der Waals surface area contributed by atoms with Crippen molar-refractivity contribution in [2.24, 2.45) is 0 Å². The van der Waals surface area contributed by atoms with Gasteiger partial charge >= 0.3 is 39.5 Å². The van der Waals surface area contributed by atoms with E-state index >= 15 is 0 Å². The van der Waals surface area contributed by atoms with E-state index in [1.165, 1.54) is 321 Å². The van der Waals surface area contributed by atoms with Gasteiger partial charge in [0.15, 0.2) is 12.2 Å². The number of aliphatic hydroxyl groups excluding tert-OH is 1. The van der Waals surface area contributed by atoms with Crippen LogP contribution in [0.2, 0.25) is 0 Å². The molecular formula is C89H174O17P2. The molecule has 0 fully saturated rings. The second-order valence-corrected chi connectivity index (χ2v) is 34.9. The van der Waals surface area contributed by atoms with E-state index in [1.54, 1.807) is 0 Å². The average Bonchev–Trinajstić information content (AvgIpc) is 0.900. The molecule has 0 amide bonds. The Morgan fingerprint density at radius 3 is 0.546 bits per heavy atom. The number of aliphatic hydroxyl groups is 1. The van der Waals surface area contributed by atoms with Crippen molar-refractivity contribution < 1.29 is 80.2 Å². The van der Waals surface area contributed by atoms with Gasteiger partial charge in [-0.1, -0.05) is 439 Å². The van der Waals surface area contributed by atoms with Crippen LogP contribution in [-0.2, 0) is 65.4 Å². The van der Waals surface area contributed by atoms with Gasteiger partial charge in [0.25, 0.3) is 0 Å². The summed E-state index contributed by atoms with van der Waals surface area (Å²) < 4.78 is 69.0. The molecule has 0 spiro atoms. The summed E-state index contributed by atoms with van der Waals surface area (Å²) in [7, 11) is -9.93. The summed E-state index contributed by atoms with van der Waals surface area (Å²) in [5.41, 5.74) is 0. The van der Waals surface area contributed by atoms with E-state index in [-0.39, 0.29) is 25.7 Å². The number of phosphoric acid groups is 2. The molecule has 0 aromatic heterocycles. The summed E-state index contributed by atoms with van der Waals surface area (Å²) in [5, 5.41) is 10.7. The van der Waals surface area contributed by atoms with Crippen molar-refractivity contribution in [3.05, 3.63) is 0 Å². The number of ether oxygens (including phenoxy) is 4. The molecule has 0 bridgehead atoms. The zero-order valence-corrected chi connectivity index (χ0v) is 72.6. The number of esters is 4. The van der Waals surface area contributed by atoms with Crippen LogP contribution in [0.15, 0.2) is 0 Å². The van der Waals surface area contributed by atoms with E-state index in [0.717, 1.165) is 89.9 Å². The molecule has 0 aliphatic heterocycles. The zero-order valence-electron chi connectivity index (χ0n) is 70.8. The maximum atomic E-state index is 13.2. The Kier molecular flexibility index (Phi) is 81.5. The normalized spacial score (nSPS) is 13.7. The number of carbonyl (C=O) groups excluding carboxylic acids is 4. The molecular weight excluding hydrogens is 1400 g/mol. The first-order valence-electron chi connectivity index (χ1n) is 46.3. The van der Waals surface area contributed by atoms with Crippen LogP contribution in [0.3, 0.4) is 0 Å². The van der Waals surface area contributed by atoms with E-state index in [0.29, 0.717) is 25.7 Å². The lowest BCUT2D eigenvalue weighted by molar-refractivity contribution is -0.161. The van der Waals surface area contributed by atoms with Crippen LogP contribution in [-0.4, -0.2) is 96.7 Å². The highest BCUT2D eigenvalue weighted by atomic mass is 31.2. The van der Waals surface area contributed by atoms with Crippen LogP contribution < -0.4 is 0 Å². The third kappa shape index (κ3) is 82.1. The minimum Gasteiger partial charge on any atom is -0.462 e. The molecule has 17 nitrogen and oxygen atoms in total. The summed E-state index contributed by atoms with van der Waals surface area (Å²) in [6, 6.07) is 0. The Morgan fingerprint density at radius 1 is 0.222 bits per heavy atom. The number of phosphoric ester groups is 2. The molecule has 108 heavy (non-hydrogen) atoms. The fourth-order valence-corrected chi connectivity index (χ4v) is 15.6. The number of hydrogen-bond donors (Lipinski definition) is 3. The fourth-order valence-electron chi connectivity index (χ4n) is 14.1. The first-order chi connectivity index (χ1) is 52.7. The zero-order chi connectivity index (χ0) is 78.9. The van der Waals surface area contributed by atoms with Crippen molar-refractivity contribution in [3.63, 3.8) is 0 Å². The summed E-state index contributed by atoms with van der Waals surface area (Å²) >= 11 is 0. The first kappa shape index (κ1) is 106. The molecule has 0 saturated heterocycles. The van der Waals surface area contributed by atoms with Crippen molar-refractivity contribution in [2.75, 3.05) is 39.6 Å². The van der Waals surface area contributed by atoms with Crippen molar-refractivity contribution in [1.82, 2.24) is 0 Å². The quantitative estimate of drug-likeness (QED) is 0.0222. The topological polar surface area (TPSA) is 237 Å². The fraction of sp³-hybridized carbons (Fsp3) is 0.955. The van der Waals surface area contributed by atoms with Gasteiger partial charge in [0.2, 0.25) is 0 Å². The summed E-state index contributed by atoms with van der Waals surface area (Å²) in [6.07, 6.45) is 79.2. The molecule has 0 radical (unpaired) electrons. The molecule has 642 valence electrons. The number of unbranched alkanes of at least 4 members (excludes halogenated alkanes) is 64. The van der Waals surface area contributed by atoms with Crippen LogP contribution in [0.1, 0.15) is 490 Å². The predicted molar refractivity (Wildman–Crippen MR) is 446 cm³/mol. The smallest absolute Gasteiger partial charge is 0.462 e. The standard InChI is InChI=1S/C89H174O17P2/c1-5-9-13-17-21-25-29-32-35-38-41-43-46-49-52-56-60-64-68-72-76-89(94)106-85(80-100-87(92)74-70-66-62-58-54-50-47-45-42-39-36-33-30-26-22-18-14-10-6-2)82-104-108(97,98)102-78-83(90)77-101-107(95,96)103-81-84(79-99-86(91)73-69-65-61-57-53-28-24-20-16-12-8-4)105-88(93)75-71-67-63-59-55-51-48-44-40-37-34-31-27-23-19-15-11-7-3/h83-85,90H,5-82H2,1-4H3,(H,95,96)(H,97,98)/t83-,84+,85+/m0/s1. The van der Waals surface area contributed by atoms with Gasteiger partial charge in [0.1, 0.15) is 19.3 Å². The molecule has 0 aliphatic rings. The van der Waals surface area contributed by atoms with Crippen molar-refractivity contribution in [1.29, 1.82) is 0 Å². The van der Waals surface area contributed by atoms with Gasteiger partial charge in [0.05, 0.1) is 26.4 Å². The molecule has 0 saturated carbocycles. The third-order valence-corrected chi connectivity index (χ3v) is 23.0. The molecule has 19 heteroatoms. The molecule has 5 atom stereocenters. The van der Waals surface area contributed by atoms with Gasteiger partial charge < -0.3 is 33.8 Å². The average molecular weight is 1580 g/mol. The molecule has 0 rings (SSSR count). The highest BCUT2D eigenvalue weighted by Gasteiger charge is 2.30. The molecule has 0 heterocycles. The molecule has 3 N–H and O–H groups in total. The minimum absolute atomic E-state index is 0.110. The number of carbonyl (C=O) groups is 4. The monoisotopic (exact) mass is 1580 g/mol. The Morgan fingerprint density at radius 2 is 0.370 bits per heavy atom. The second-order valence-electron chi connectivity index (χ2n) is 32.0. The van der Waals surface area contributed by atoms with Crippen molar-refractivity contribution in [2.45, 2.75) is 508 Å². The van der Waals surface area contributed by atoms with Gasteiger partial charge in [-0.15, -0.1) is 0 Å². The number of rotatable bonds is 90. The maximum Gasteiger partial charge on any atom is 0.472 e. The molecule has 0 aromatic carbocycles. The third-order valence-electron chi connectivity index (χ3n) is 21.1. The maximum absolute atomic E-state index is 13.2. The van der Waals surface area contributed by atoms with E-state index in [4.69, 9.17) is 37.0 Å². The lowest BCUT2D eigenvalue weighted by Gasteiger charge is -2.21. The van der Waals surface area contributed by atoms with Gasteiger partial charge in [-0.05, 0) is 25.7 Å². The van der Waals surface area contributed by atoms with E-state index in [1.807, 2.05) is 0 Å². The van der Waals surface area contributed by atoms with Gasteiger partial charge in [0, 0.05) is 25.7 Å². The van der Waals surface area contributed by atoms with Crippen LogP contribution in [0.25, 0.3) is 0 Å². The summed E-state index contributed by atoms with van der Waals surface area (Å²) in [4.78, 5) is 73.3. The molecule has 0 aliphatic carbocycles. The van der Waals surface area contributed by atoms with Crippen LogP contribution in [0, 0.1) is 0 Å². The summed E-state index contributed by atoms with van der Waals surface area (Å²) in [5.74, 6) is -2.09. The second kappa shape index (κ2) is 83.0. The lowest BCUT2D eigenvalue weighted by atomic mass is 10.0. The van der Waals surface area contributed by atoms with E-state index in [9.17, 15) is 43.2 Å². The van der Waals surface area contributed by atoms with E-state index in [2.05, 4.69) is 27.7 Å². The van der Waals surface area contributed by atoms with Crippen LogP contribution in [0.4, 0.5) is 0 Å². The Bertz CT molecular complexity index is 2030. The highest BCUT2D eigenvalue weighted by molar-refractivity contribution is 7.47. The predicted octanol–water partition coefficient (Wildman–Crippen LogP) is 27.7. The summed E-state index contributed by atoms with van der Waals surface area (Å²) in [6.45, 7) is 5.08. The SMILES string of the molecule is CCCCCCCCCCCCCCCCCCCCCCC(=O)O[C@H](COC(=O)CCCCCCCCCCCCCCCCCCCCC)COP(=O)(O)OC[C@@H](O)COP(=O)(O)OC[C@@H](COC(=O)CCCCCCCCCCCCC)OC(=O)CCCCCCCCCCCCCCCCCCCC. The van der Waals surface area contributed by atoms with Gasteiger partial charge in [-0.3, -0.25) is 37.3 Å². The van der Waals surface area contributed by atoms with Crippen molar-refractivity contribution >= 4 is 39.5 Å². The number of hydrogen-bond acceptors (Lipinski definition) is 15. The molecule has 2 unspecified atom stereocenters. The first-order valence-corrected chi connectivity index (χ1v) is 49.3. The minimum atomic E-state index is -4.97. The Labute approximate surface area is 664 Å². The Hall–Kier alpha value is -1.94. The van der Waals surface area contributed by atoms with Crippen LogP contribution >= 0.6 is 15.6 Å². The van der Waals surface area contributed by atoms with E-state index < -0.39 is 97.5 Å². The van der Waals surface area contributed by atoms with Gasteiger partial charge in [-0.25, -0.2) is 9.13 Å². The largest absolute Gasteiger partial charge is 0.472 e. The lowest BCUT2D eigenvalue weighted by Crippen LogP contribution is -2.30. The molecule has 0 aromatic rings. The van der Waals surface area contributed by atoms with Crippen LogP contribution in [0.5, 0.6) is 0 Å². The Balaban J connectivity index is 5.23. The highest BCUT2D eigenvalue weighted by Crippen LogP contribution is 2.45.